The summed E-state index contributed by atoms with van der Waals surface area (Å²) in [6.07, 6.45) is 1.46. The Bertz CT molecular complexity index is 381. The number of methoxy groups -OCH3 is 1. The number of rotatable bonds is 3. The first-order valence-electron chi connectivity index (χ1n) is 4.31. The maximum absolute atomic E-state index is 11.0. The highest BCUT2D eigenvalue weighted by atomic mass is 16.5. The molecule has 15 heavy (non-hydrogen) atoms. The molecule has 1 aromatic rings. The molecule has 0 amide bonds. The first-order valence-corrected chi connectivity index (χ1v) is 4.31. The van der Waals surface area contributed by atoms with Gasteiger partial charge in [0.15, 0.2) is 0 Å². The third-order valence-corrected chi connectivity index (χ3v) is 1.86. The highest BCUT2D eigenvalue weighted by Gasteiger charge is 2.07. The Balaban J connectivity index is 2.70. The van der Waals surface area contributed by atoms with Gasteiger partial charge in [0.05, 0.1) is 12.7 Å². The summed E-state index contributed by atoms with van der Waals surface area (Å²) in [4.78, 5) is 16.7. The number of nitriles is 1. The maximum Gasteiger partial charge on any atom is 0.325 e. The average molecular weight is 205 g/mol. The van der Waals surface area contributed by atoms with Gasteiger partial charge in [-0.25, -0.2) is 4.98 Å². The number of anilines is 1. The van der Waals surface area contributed by atoms with E-state index in [1.807, 2.05) is 6.07 Å². The molecule has 0 fully saturated rings. The molecule has 0 aliphatic carbocycles. The number of likely N-dealkylation sites (N-methyl/N-ethyl adjacent to an activating group) is 1. The molecule has 0 saturated carbocycles. The SMILES string of the molecule is COC(=O)CN(C)c1ccc(C#N)cn1. The Labute approximate surface area is 87.9 Å². The van der Waals surface area contributed by atoms with Crippen LogP contribution in [0.1, 0.15) is 5.56 Å². The highest BCUT2D eigenvalue weighted by Crippen LogP contribution is 2.08. The summed E-state index contributed by atoms with van der Waals surface area (Å²) < 4.78 is 4.53. The van der Waals surface area contributed by atoms with E-state index in [2.05, 4.69) is 9.72 Å². The lowest BCUT2D eigenvalue weighted by molar-refractivity contribution is -0.138. The van der Waals surface area contributed by atoms with Crippen molar-refractivity contribution in [2.24, 2.45) is 0 Å². The molecule has 5 heteroatoms. The lowest BCUT2D eigenvalue weighted by atomic mass is 10.3. The molecule has 0 bridgehead atoms. The highest BCUT2D eigenvalue weighted by molar-refractivity contribution is 5.74. The van der Waals surface area contributed by atoms with Crippen LogP contribution in [0.4, 0.5) is 5.82 Å². The summed E-state index contributed by atoms with van der Waals surface area (Å²) >= 11 is 0. The second kappa shape index (κ2) is 4.96. The van der Waals surface area contributed by atoms with Gasteiger partial charge in [-0.2, -0.15) is 5.26 Å². The van der Waals surface area contributed by atoms with Crippen molar-refractivity contribution < 1.29 is 9.53 Å². The van der Waals surface area contributed by atoms with Crippen LogP contribution in [0.3, 0.4) is 0 Å². The fraction of sp³-hybridized carbons (Fsp3) is 0.300. The van der Waals surface area contributed by atoms with Crippen LogP contribution in [-0.4, -0.2) is 31.7 Å². The molecule has 0 aromatic carbocycles. The van der Waals surface area contributed by atoms with Crippen LogP contribution in [0, 0.1) is 11.3 Å². The lowest BCUT2D eigenvalue weighted by Crippen LogP contribution is -2.27. The summed E-state index contributed by atoms with van der Waals surface area (Å²) in [6.45, 7) is 0.134. The summed E-state index contributed by atoms with van der Waals surface area (Å²) in [5.74, 6) is 0.294. The van der Waals surface area contributed by atoms with Crippen LogP contribution in [0.15, 0.2) is 18.3 Å². The minimum Gasteiger partial charge on any atom is -0.468 e. The minimum atomic E-state index is -0.330. The third kappa shape index (κ3) is 2.95. The molecular formula is C10H11N3O2. The molecule has 0 N–H and O–H groups in total. The number of carbonyl (C=O) groups excluding carboxylic acids is 1. The van der Waals surface area contributed by atoms with E-state index in [-0.39, 0.29) is 12.5 Å². The molecule has 1 rings (SSSR count). The van der Waals surface area contributed by atoms with Gasteiger partial charge >= 0.3 is 5.97 Å². The fourth-order valence-electron chi connectivity index (χ4n) is 1.02. The van der Waals surface area contributed by atoms with Crippen molar-refractivity contribution in [1.82, 2.24) is 4.98 Å². The lowest BCUT2D eigenvalue weighted by Gasteiger charge is -2.15. The number of carbonyl (C=O) groups is 1. The van der Waals surface area contributed by atoms with Gasteiger partial charge in [-0.3, -0.25) is 4.79 Å². The van der Waals surface area contributed by atoms with Gasteiger partial charge in [0.1, 0.15) is 18.4 Å². The van der Waals surface area contributed by atoms with Crippen molar-refractivity contribution >= 4 is 11.8 Å². The molecule has 1 aromatic heterocycles. The van der Waals surface area contributed by atoms with E-state index in [4.69, 9.17) is 5.26 Å². The van der Waals surface area contributed by atoms with Crippen LogP contribution >= 0.6 is 0 Å². The van der Waals surface area contributed by atoms with Gasteiger partial charge in [-0.05, 0) is 12.1 Å². The Kier molecular flexibility index (Phi) is 3.63. The minimum absolute atomic E-state index is 0.134. The standard InChI is InChI=1S/C10H11N3O2/c1-13(7-10(14)15-2)9-4-3-8(5-11)6-12-9/h3-4,6H,7H2,1-2H3. The van der Waals surface area contributed by atoms with Gasteiger partial charge in [-0.1, -0.05) is 0 Å². The van der Waals surface area contributed by atoms with Crippen LogP contribution < -0.4 is 4.90 Å². The number of ether oxygens (including phenoxy) is 1. The number of pyridine rings is 1. The van der Waals surface area contributed by atoms with Gasteiger partial charge < -0.3 is 9.64 Å². The Morgan fingerprint density at radius 1 is 1.67 bits per heavy atom. The van der Waals surface area contributed by atoms with Crippen molar-refractivity contribution in [2.75, 3.05) is 25.6 Å². The van der Waals surface area contributed by atoms with E-state index in [1.165, 1.54) is 13.3 Å². The van der Waals surface area contributed by atoms with Gasteiger partial charge in [-0.15, -0.1) is 0 Å². The zero-order valence-corrected chi connectivity index (χ0v) is 8.60. The van der Waals surface area contributed by atoms with E-state index in [0.717, 1.165) is 0 Å². The predicted octanol–water partition coefficient (Wildman–Crippen LogP) is 0.562. The van der Waals surface area contributed by atoms with Crippen LogP contribution in [-0.2, 0) is 9.53 Å². The first kappa shape index (κ1) is 11.0. The number of nitrogens with zero attached hydrogens (tertiary/aromatic N) is 3. The molecule has 0 radical (unpaired) electrons. The molecule has 0 unspecified atom stereocenters. The number of hydrogen-bond acceptors (Lipinski definition) is 5. The second-order valence-electron chi connectivity index (χ2n) is 2.95. The maximum atomic E-state index is 11.0. The van der Waals surface area contributed by atoms with Gasteiger partial charge in [0, 0.05) is 13.2 Å². The topological polar surface area (TPSA) is 66.2 Å². The van der Waals surface area contributed by atoms with Gasteiger partial charge in [0.25, 0.3) is 0 Å². The molecular weight excluding hydrogens is 194 g/mol. The van der Waals surface area contributed by atoms with E-state index in [9.17, 15) is 4.79 Å². The van der Waals surface area contributed by atoms with E-state index in [1.54, 1.807) is 24.1 Å². The summed E-state index contributed by atoms with van der Waals surface area (Å²) in [7, 11) is 3.06. The monoisotopic (exact) mass is 205 g/mol. The van der Waals surface area contributed by atoms with Crippen LogP contribution in [0.2, 0.25) is 0 Å². The molecule has 78 valence electrons. The molecule has 0 saturated heterocycles. The van der Waals surface area contributed by atoms with Gasteiger partial charge in [0.2, 0.25) is 0 Å². The molecule has 0 spiro atoms. The molecule has 0 atom stereocenters. The largest absolute Gasteiger partial charge is 0.468 e. The fourth-order valence-corrected chi connectivity index (χ4v) is 1.02. The summed E-state index contributed by atoms with van der Waals surface area (Å²) in [5.41, 5.74) is 0.491. The van der Waals surface area contributed by atoms with Crippen molar-refractivity contribution in [3.63, 3.8) is 0 Å². The van der Waals surface area contributed by atoms with Crippen molar-refractivity contribution in [1.29, 1.82) is 5.26 Å². The van der Waals surface area contributed by atoms with Crippen molar-refractivity contribution in [2.45, 2.75) is 0 Å². The Morgan fingerprint density at radius 2 is 2.40 bits per heavy atom. The summed E-state index contributed by atoms with van der Waals surface area (Å²) in [6, 6.07) is 5.30. The van der Waals surface area contributed by atoms with E-state index < -0.39 is 0 Å². The number of aromatic nitrogens is 1. The average Bonchev–Trinajstić information content (AvgIpc) is 2.29. The van der Waals surface area contributed by atoms with Crippen molar-refractivity contribution in [3.8, 4) is 6.07 Å². The normalized spacial score (nSPS) is 9.13. The summed E-state index contributed by atoms with van der Waals surface area (Å²) in [5, 5.41) is 8.57. The first-order chi connectivity index (χ1) is 7.17. The van der Waals surface area contributed by atoms with Crippen molar-refractivity contribution in [3.05, 3.63) is 23.9 Å². The zero-order chi connectivity index (χ0) is 11.3. The second-order valence-corrected chi connectivity index (χ2v) is 2.95. The van der Waals surface area contributed by atoms with Crippen LogP contribution in [0.25, 0.3) is 0 Å². The Hall–Kier alpha value is -2.09. The van der Waals surface area contributed by atoms with E-state index >= 15 is 0 Å². The number of hydrogen-bond donors (Lipinski definition) is 0. The third-order valence-electron chi connectivity index (χ3n) is 1.86. The predicted molar refractivity (Wildman–Crippen MR) is 54.2 cm³/mol. The Morgan fingerprint density at radius 3 is 2.87 bits per heavy atom. The molecule has 1 heterocycles. The quantitative estimate of drug-likeness (QED) is 0.674. The van der Waals surface area contributed by atoms with E-state index in [0.29, 0.717) is 11.4 Å². The number of esters is 1. The molecule has 0 aliphatic heterocycles. The van der Waals surface area contributed by atoms with Crippen LogP contribution in [0.5, 0.6) is 0 Å². The molecule has 5 nitrogen and oxygen atoms in total. The smallest absolute Gasteiger partial charge is 0.325 e. The zero-order valence-electron chi connectivity index (χ0n) is 8.60. The molecule has 0 aliphatic rings.